The number of rotatable bonds is 5. The first-order valence-corrected chi connectivity index (χ1v) is 8.23. The predicted octanol–water partition coefficient (Wildman–Crippen LogP) is 2.47. The zero-order valence-electron chi connectivity index (χ0n) is 12.4. The quantitative estimate of drug-likeness (QED) is 0.900. The molecule has 0 aromatic carbocycles. The predicted molar refractivity (Wildman–Crippen MR) is 83.8 cm³/mol. The van der Waals surface area contributed by atoms with Crippen LogP contribution in [0.2, 0.25) is 0 Å². The standard InChI is InChI=1S/C15H27N3S/c1-4-18-8-5-13(6-9-18)17(3)14(11-16)15-12(2)7-10-19-15/h7,10,13-14H,4-6,8-9,11,16H2,1-3H3. The van der Waals surface area contributed by atoms with Crippen LogP contribution in [-0.4, -0.2) is 49.1 Å². The normalized spacial score (nSPS) is 20.1. The number of hydrogen-bond acceptors (Lipinski definition) is 4. The molecule has 1 saturated heterocycles. The summed E-state index contributed by atoms with van der Waals surface area (Å²) in [5, 5.41) is 2.18. The van der Waals surface area contributed by atoms with Crippen LogP contribution in [0.1, 0.15) is 36.2 Å². The van der Waals surface area contributed by atoms with Gasteiger partial charge in [-0.05, 0) is 63.5 Å². The summed E-state index contributed by atoms with van der Waals surface area (Å²) in [7, 11) is 2.25. The zero-order chi connectivity index (χ0) is 13.8. The van der Waals surface area contributed by atoms with Gasteiger partial charge in [0.15, 0.2) is 0 Å². The molecule has 0 aliphatic carbocycles. The molecule has 1 aromatic heterocycles. The molecule has 1 aromatic rings. The molecule has 0 saturated carbocycles. The maximum Gasteiger partial charge on any atom is 0.0566 e. The number of likely N-dealkylation sites (tertiary alicyclic amines) is 1. The number of hydrogen-bond donors (Lipinski definition) is 1. The molecule has 19 heavy (non-hydrogen) atoms. The summed E-state index contributed by atoms with van der Waals surface area (Å²) < 4.78 is 0. The zero-order valence-corrected chi connectivity index (χ0v) is 13.2. The summed E-state index contributed by atoms with van der Waals surface area (Å²) in [6.07, 6.45) is 2.54. The summed E-state index contributed by atoms with van der Waals surface area (Å²) in [6.45, 7) is 8.80. The molecule has 108 valence electrons. The number of thiophene rings is 1. The Bertz CT molecular complexity index is 382. The van der Waals surface area contributed by atoms with Crippen molar-refractivity contribution in [3.8, 4) is 0 Å². The smallest absolute Gasteiger partial charge is 0.0566 e. The maximum absolute atomic E-state index is 6.05. The Labute approximate surface area is 121 Å². The van der Waals surface area contributed by atoms with Gasteiger partial charge in [-0.15, -0.1) is 11.3 Å². The van der Waals surface area contributed by atoms with Gasteiger partial charge < -0.3 is 10.6 Å². The summed E-state index contributed by atoms with van der Waals surface area (Å²) in [4.78, 5) is 6.51. The summed E-state index contributed by atoms with van der Waals surface area (Å²) >= 11 is 1.85. The minimum absolute atomic E-state index is 0.387. The van der Waals surface area contributed by atoms with E-state index in [4.69, 9.17) is 5.73 Å². The molecular weight excluding hydrogens is 254 g/mol. The molecular formula is C15H27N3S. The Morgan fingerprint density at radius 1 is 1.47 bits per heavy atom. The fourth-order valence-electron chi connectivity index (χ4n) is 3.08. The monoisotopic (exact) mass is 281 g/mol. The van der Waals surface area contributed by atoms with Crippen molar-refractivity contribution in [2.24, 2.45) is 5.73 Å². The average Bonchev–Trinajstić information content (AvgIpc) is 2.86. The Morgan fingerprint density at radius 2 is 2.16 bits per heavy atom. The maximum atomic E-state index is 6.05. The van der Waals surface area contributed by atoms with Gasteiger partial charge in [-0.1, -0.05) is 6.92 Å². The second-order valence-corrected chi connectivity index (χ2v) is 6.50. The average molecular weight is 281 g/mol. The van der Waals surface area contributed by atoms with Crippen molar-refractivity contribution < 1.29 is 0 Å². The first-order valence-electron chi connectivity index (χ1n) is 7.35. The lowest BCUT2D eigenvalue weighted by Gasteiger charge is -2.39. The van der Waals surface area contributed by atoms with Gasteiger partial charge in [0.1, 0.15) is 0 Å². The van der Waals surface area contributed by atoms with E-state index in [1.807, 2.05) is 11.3 Å². The van der Waals surface area contributed by atoms with Crippen LogP contribution in [0.25, 0.3) is 0 Å². The van der Waals surface area contributed by atoms with Gasteiger partial charge in [0.2, 0.25) is 0 Å². The van der Waals surface area contributed by atoms with E-state index in [9.17, 15) is 0 Å². The van der Waals surface area contributed by atoms with Crippen LogP contribution in [0.4, 0.5) is 0 Å². The van der Waals surface area contributed by atoms with Crippen molar-refractivity contribution in [1.29, 1.82) is 0 Å². The Morgan fingerprint density at radius 3 is 2.63 bits per heavy atom. The molecule has 4 heteroatoms. The van der Waals surface area contributed by atoms with Gasteiger partial charge in [-0.25, -0.2) is 0 Å². The van der Waals surface area contributed by atoms with E-state index in [-0.39, 0.29) is 0 Å². The Kier molecular flexibility index (Phi) is 5.39. The molecule has 1 fully saturated rings. The van der Waals surface area contributed by atoms with E-state index in [0.29, 0.717) is 18.6 Å². The van der Waals surface area contributed by atoms with E-state index >= 15 is 0 Å². The van der Waals surface area contributed by atoms with Crippen LogP contribution in [0.5, 0.6) is 0 Å². The van der Waals surface area contributed by atoms with Crippen LogP contribution in [0, 0.1) is 6.92 Å². The van der Waals surface area contributed by atoms with Gasteiger partial charge in [0.05, 0.1) is 6.04 Å². The molecule has 3 nitrogen and oxygen atoms in total. The highest BCUT2D eigenvalue weighted by Crippen LogP contribution is 2.30. The number of nitrogens with two attached hydrogens (primary N) is 1. The van der Waals surface area contributed by atoms with E-state index in [1.54, 1.807) is 0 Å². The third-order valence-corrected chi connectivity index (χ3v) is 5.62. The lowest BCUT2D eigenvalue weighted by Crippen LogP contribution is -2.45. The highest BCUT2D eigenvalue weighted by atomic mass is 32.1. The topological polar surface area (TPSA) is 32.5 Å². The van der Waals surface area contributed by atoms with Gasteiger partial charge in [-0.2, -0.15) is 0 Å². The van der Waals surface area contributed by atoms with Gasteiger partial charge in [0, 0.05) is 17.5 Å². The second kappa shape index (κ2) is 6.84. The summed E-state index contributed by atoms with van der Waals surface area (Å²) in [5.41, 5.74) is 7.44. The molecule has 2 N–H and O–H groups in total. The van der Waals surface area contributed by atoms with E-state index in [0.717, 1.165) is 0 Å². The molecule has 0 radical (unpaired) electrons. The fourth-order valence-corrected chi connectivity index (χ4v) is 4.17. The third kappa shape index (κ3) is 3.37. The van der Waals surface area contributed by atoms with Crippen molar-refractivity contribution in [3.05, 3.63) is 21.9 Å². The number of likely N-dealkylation sites (N-methyl/N-ethyl adjacent to an activating group) is 1. The molecule has 1 aliphatic rings. The van der Waals surface area contributed by atoms with Crippen molar-refractivity contribution in [2.45, 2.75) is 38.8 Å². The van der Waals surface area contributed by atoms with E-state index in [2.05, 4.69) is 42.1 Å². The molecule has 1 aliphatic heterocycles. The Hall–Kier alpha value is -0.420. The largest absolute Gasteiger partial charge is 0.329 e. The number of aryl methyl sites for hydroxylation is 1. The minimum atomic E-state index is 0.387. The highest BCUT2D eigenvalue weighted by Gasteiger charge is 2.27. The molecule has 0 spiro atoms. The SMILES string of the molecule is CCN1CCC(N(C)C(CN)c2sccc2C)CC1. The van der Waals surface area contributed by atoms with Crippen LogP contribution < -0.4 is 5.73 Å². The summed E-state index contributed by atoms with van der Waals surface area (Å²) in [5.74, 6) is 0. The van der Waals surface area contributed by atoms with Crippen molar-refractivity contribution in [1.82, 2.24) is 9.80 Å². The first-order chi connectivity index (χ1) is 9.17. The molecule has 1 unspecified atom stereocenters. The molecule has 2 heterocycles. The van der Waals surface area contributed by atoms with Crippen LogP contribution in [-0.2, 0) is 0 Å². The van der Waals surface area contributed by atoms with Gasteiger partial charge >= 0.3 is 0 Å². The van der Waals surface area contributed by atoms with E-state index in [1.165, 1.54) is 42.9 Å². The lowest BCUT2D eigenvalue weighted by molar-refractivity contribution is 0.102. The molecule has 0 amide bonds. The van der Waals surface area contributed by atoms with E-state index < -0.39 is 0 Å². The lowest BCUT2D eigenvalue weighted by atomic mass is 10.0. The van der Waals surface area contributed by atoms with Gasteiger partial charge in [-0.3, -0.25) is 4.90 Å². The summed E-state index contributed by atoms with van der Waals surface area (Å²) in [6, 6.07) is 3.27. The molecule has 2 rings (SSSR count). The van der Waals surface area contributed by atoms with Crippen molar-refractivity contribution in [3.63, 3.8) is 0 Å². The van der Waals surface area contributed by atoms with Crippen molar-refractivity contribution >= 4 is 11.3 Å². The highest BCUT2D eigenvalue weighted by molar-refractivity contribution is 7.10. The van der Waals surface area contributed by atoms with Crippen LogP contribution in [0.15, 0.2) is 11.4 Å². The Balaban J connectivity index is 2.02. The second-order valence-electron chi connectivity index (χ2n) is 5.55. The first kappa shape index (κ1) is 15.0. The molecule has 0 bridgehead atoms. The number of nitrogens with zero attached hydrogens (tertiary/aromatic N) is 2. The minimum Gasteiger partial charge on any atom is -0.329 e. The number of piperidine rings is 1. The third-order valence-electron chi connectivity index (χ3n) is 4.50. The molecule has 1 atom stereocenters. The van der Waals surface area contributed by atoms with Crippen molar-refractivity contribution in [2.75, 3.05) is 33.2 Å². The van der Waals surface area contributed by atoms with Crippen LogP contribution in [0.3, 0.4) is 0 Å². The van der Waals surface area contributed by atoms with Gasteiger partial charge in [0.25, 0.3) is 0 Å². The fraction of sp³-hybridized carbons (Fsp3) is 0.733. The van der Waals surface area contributed by atoms with Crippen LogP contribution >= 0.6 is 11.3 Å².